The third-order valence-corrected chi connectivity index (χ3v) is 4.84. The molecule has 0 saturated carbocycles. The maximum atomic E-state index is 13.5. The number of ether oxygens (including phenoxy) is 2. The average molecular weight is 400 g/mol. The van der Waals surface area contributed by atoms with Gasteiger partial charge in [-0.2, -0.15) is 26.3 Å². The highest BCUT2D eigenvalue weighted by molar-refractivity contribution is 5.30. The molecule has 1 aromatic rings. The zero-order chi connectivity index (χ0) is 20.4. The normalized spacial score (nSPS) is 20.9. The summed E-state index contributed by atoms with van der Waals surface area (Å²) in [5.74, 6) is -1.48. The number of hydrogen-bond acceptors (Lipinski definition) is 4. The first kappa shape index (κ1) is 21.9. The molecule has 1 unspecified atom stereocenters. The van der Waals surface area contributed by atoms with Gasteiger partial charge in [-0.3, -0.25) is 9.88 Å². The lowest BCUT2D eigenvalue weighted by Crippen LogP contribution is -2.42. The number of rotatable bonds is 5. The minimum absolute atomic E-state index is 0.0288. The molecule has 0 aliphatic carbocycles. The van der Waals surface area contributed by atoms with Gasteiger partial charge in [0.15, 0.2) is 0 Å². The fourth-order valence-electron chi connectivity index (χ4n) is 3.29. The van der Waals surface area contributed by atoms with Crippen LogP contribution in [0.4, 0.5) is 26.3 Å². The number of piperidine rings is 1. The van der Waals surface area contributed by atoms with Crippen LogP contribution in [0.1, 0.15) is 48.9 Å². The predicted molar refractivity (Wildman–Crippen MR) is 84.8 cm³/mol. The molecule has 0 radical (unpaired) electrons. The van der Waals surface area contributed by atoms with E-state index in [9.17, 15) is 26.3 Å². The topological polar surface area (TPSA) is 34.6 Å². The van der Waals surface area contributed by atoms with Crippen molar-refractivity contribution in [1.82, 2.24) is 9.88 Å². The van der Waals surface area contributed by atoms with Gasteiger partial charge in [0, 0.05) is 33.0 Å². The molecule has 2 heterocycles. The number of hydrogen-bond donors (Lipinski definition) is 0. The van der Waals surface area contributed by atoms with E-state index in [-0.39, 0.29) is 18.5 Å². The van der Waals surface area contributed by atoms with Crippen LogP contribution in [0.25, 0.3) is 0 Å². The van der Waals surface area contributed by atoms with Crippen molar-refractivity contribution in [3.63, 3.8) is 0 Å². The number of nitrogens with zero attached hydrogens (tertiary/aromatic N) is 2. The highest BCUT2D eigenvalue weighted by Crippen LogP contribution is 2.39. The smallest absolute Gasteiger partial charge is 0.350 e. The number of pyridine rings is 1. The second-order valence-corrected chi connectivity index (χ2v) is 6.55. The molecule has 2 atom stereocenters. The van der Waals surface area contributed by atoms with Crippen molar-refractivity contribution >= 4 is 0 Å². The molecule has 0 amide bonds. The Morgan fingerprint density at radius 3 is 2.30 bits per heavy atom. The van der Waals surface area contributed by atoms with E-state index in [4.69, 9.17) is 9.47 Å². The Balaban J connectivity index is 2.32. The molecule has 4 nitrogen and oxygen atoms in total. The molecule has 1 aromatic heterocycles. The van der Waals surface area contributed by atoms with Gasteiger partial charge in [0.1, 0.15) is 5.69 Å². The van der Waals surface area contributed by atoms with Crippen LogP contribution >= 0.6 is 0 Å². The number of alkyl halides is 6. The van der Waals surface area contributed by atoms with Gasteiger partial charge in [0.25, 0.3) is 0 Å². The molecule has 10 heteroatoms. The number of likely N-dealkylation sites (tertiary alicyclic amines) is 1. The van der Waals surface area contributed by atoms with Crippen LogP contribution in [0.5, 0.6) is 0 Å². The summed E-state index contributed by atoms with van der Waals surface area (Å²) in [5.41, 5.74) is -1.25. The average Bonchev–Trinajstić information content (AvgIpc) is 2.61. The van der Waals surface area contributed by atoms with Gasteiger partial charge >= 0.3 is 12.4 Å². The summed E-state index contributed by atoms with van der Waals surface area (Å²) in [7, 11) is 2.38. The van der Waals surface area contributed by atoms with Crippen LogP contribution in [0.3, 0.4) is 0 Å². The Kier molecular flexibility index (Phi) is 6.75. The van der Waals surface area contributed by atoms with Crippen LogP contribution in [0.2, 0.25) is 0 Å². The van der Waals surface area contributed by atoms with Crippen molar-refractivity contribution in [3.05, 3.63) is 29.1 Å². The maximum Gasteiger partial charge on any atom is 0.418 e. The van der Waals surface area contributed by atoms with Crippen molar-refractivity contribution in [3.8, 4) is 0 Å². The third-order valence-electron chi connectivity index (χ3n) is 4.84. The lowest BCUT2D eigenvalue weighted by molar-refractivity contribution is -0.188. The van der Waals surface area contributed by atoms with E-state index in [1.54, 1.807) is 11.8 Å². The van der Waals surface area contributed by atoms with E-state index < -0.39 is 41.9 Å². The zero-order valence-electron chi connectivity index (χ0n) is 15.2. The summed E-state index contributed by atoms with van der Waals surface area (Å²) >= 11 is 0. The largest absolute Gasteiger partial charge is 0.418 e. The predicted octanol–water partition coefficient (Wildman–Crippen LogP) is 4.73. The molecule has 1 fully saturated rings. The van der Waals surface area contributed by atoms with Crippen LogP contribution in [0.15, 0.2) is 12.3 Å². The van der Waals surface area contributed by atoms with E-state index in [0.717, 1.165) is 6.07 Å². The minimum atomic E-state index is -4.70. The van der Waals surface area contributed by atoms with E-state index >= 15 is 0 Å². The Hall–Kier alpha value is -1.39. The molecule has 2 rings (SSSR count). The monoisotopic (exact) mass is 400 g/mol. The van der Waals surface area contributed by atoms with Gasteiger partial charge in [-0.05, 0) is 37.9 Å². The summed E-state index contributed by atoms with van der Waals surface area (Å²) in [6.45, 7) is 1.72. The Morgan fingerprint density at radius 1 is 1.15 bits per heavy atom. The molecular formula is C17H22F6N2O2. The first-order chi connectivity index (χ1) is 12.5. The van der Waals surface area contributed by atoms with E-state index in [1.807, 2.05) is 0 Å². The number of halogens is 6. The summed E-state index contributed by atoms with van der Waals surface area (Å²) < 4.78 is 89.2. The molecule has 0 N–H and O–H groups in total. The maximum absolute atomic E-state index is 13.5. The fourth-order valence-corrected chi connectivity index (χ4v) is 3.29. The summed E-state index contributed by atoms with van der Waals surface area (Å²) in [6.07, 6.45) is -8.72. The molecule has 1 aliphatic rings. The third kappa shape index (κ3) is 5.11. The minimum Gasteiger partial charge on any atom is -0.350 e. The van der Waals surface area contributed by atoms with Gasteiger partial charge in [0.05, 0.1) is 11.5 Å². The van der Waals surface area contributed by atoms with E-state index in [0.29, 0.717) is 13.0 Å². The van der Waals surface area contributed by atoms with Crippen molar-refractivity contribution in [2.75, 3.05) is 27.3 Å². The van der Waals surface area contributed by atoms with Gasteiger partial charge in [-0.25, -0.2) is 0 Å². The fraction of sp³-hybridized carbons (Fsp3) is 0.706. The van der Waals surface area contributed by atoms with Crippen LogP contribution in [0, 0.1) is 5.92 Å². The second kappa shape index (κ2) is 8.32. The van der Waals surface area contributed by atoms with Crippen LogP contribution in [-0.4, -0.2) is 43.4 Å². The lowest BCUT2D eigenvalue weighted by Gasteiger charge is -2.37. The van der Waals surface area contributed by atoms with E-state index in [1.165, 1.54) is 20.4 Å². The molecule has 1 aliphatic heterocycles. The molecule has 0 bridgehead atoms. The second-order valence-electron chi connectivity index (χ2n) is 6.55. The van der Waals surface area contributed by atoms with E-state index in [2.05, 4.69) is 4.98 Å². The van der Waals surface area contributed by atoms with Crippen molar-refractivity contribution < 1.29 is 35.8 Å². The SMILES string of the molecule is COC(OC)c1ncc(C(C)N2CCC[C@@H](C(F)(F)F)C2)cc1C(F)(F)F. The van der Waals surface area contributed by atoms with Gasteiger partial charge in [0.2, 0.25) is 6.29 Å². The van der Waals surface area contributed by atoms with Gasteiger partial charge < -0.3 is 9.47 Å². The Morgan fingerprint density at radius 2 is 1.78 bits per heavy atom. The quantitative estimate of drug-likeness (QED) is 0.529. The highest BCUT2D eigenvalue weighted by Gasteiger charge is 2.43. The number of methoxy groups -OCH3 is 2. The van der Waals surface area contributed by atoms with Crippen LogP contribution in [-0.2, 0) is 15.7 Å². The van der Waals surface area contributed by atoms with Crippen LogP contribution < -0.4 is 0 Å². The van der Waals surface area contributed by atoms with Crippen molar-refractivity contribution in [1.29, 1.82) is 0 Å². The lowest BCUT2D eigenvalue weighted by atomic mass is 9.94. The first-order valence-electron chi connectivity index (χ1n) is 8.42. The zero-order valence-corrected chi connectivity index (χ0v) is 15.2. The highest BCUT2D eigenvalue weighted by atomic mass is 19.4. The summed E-state index contributed by atoms with van der Waals surface area (Å²) in [6, 6.07) is 0.274. The molecule has 154 valence electrons. The molecule has 1 saturated heterocycles. The molecule has 0 aromatic carbocycles. The van der Waals surface area contributed by atoms with Crippen molar-refractivity contribution in [2.45, 2.75) is 44.4 Å². The molecule has 0 spiro atoms. The van der Waals surface area contributed by atoms with Crippen molar-refractivity contribution in [2.24, 2.45) is 5.92 Å². The summed E-state index contributed by atoms with van der Waals surface area (Å²) in [4.78, 5) is 5.40. The summed E-state index contributed by atoms with van der Waals surface area (Å²) in [5, 5.41) is 0. The molecule has 27 heavy (non-hydrogen) atoms. The Labute approximate surface area is 153 Å². The number of aromatic nitrogens is 1. The standard InChI is InChI=1S/C17H22F6N2O2/c1-10(25-6-4-5-12(9-25)16(18,19)20)11-7-13(17(21,22)23)14(24-8-11)15(26-2)27-3/h7-8,10,12,15H,4-6,9H2,1-3H3/t10?,12-/m1/s1. The van der Waals surface area contributed by atoms with Gasteiger partial charge in [-0.1, -0.05) is 0 Å². The van der Waals surface area contributed by atoms with Gasteiger partial charge in [-0.15, -0.1) is 0 Å². The molecular weight excluding hydrogens is 378 g/mol. The first-order valence-corrected chi connectivity index (χ1v) is 8.42. The Bertz CT molecular complexity index is 631.